The Morgan fingerprint density at radius 3 is 2.53 bits per heavy atom. The van der Waals surface area contributed by atoms with E-state index in [1.807, 2.05) is 0 Å². The summed E-state index contributed by atoms with van der Waals surface area (Å²) < 4.78 is 56.7. The quantitative estimate of drug-likeness (QED) is 0.672. The highest BCUT2D eigenvalue weighted by molar-refractivity contribution is 7.89. The van der Waals surface area contributed by atoms with Crippen LogP contribution in [0.4, 0.5) is 4.39 Å². The van der Waals surface area contributed by atoms with Crippen LogP contribution in [-0.2, 0) is 26.2 Å². The molecule has 0 saturated carbocycles. The SMILES string of the molecule is O=C(OCc1cccc(F)c1)C1CCN(S(=O)(=O)c2ccc3c(c2)OCCO3)CC1. The fourth-order valence-electron chi connectivity index (χ4n) is 3.56. The van der Waals surface area contributed by atoms with Gasteiger partial charge in [-0.3, -0.25) is 4.79 Å². The predicted molar refractivity (Wildman–Crippen MR) is 105 cm³/mol. The van der Waals surface area contributed by atoms with Crippen LogP contribution in [0.3, 0.4) is 0 Å². The number of hydrogen-bond donors (Lipinski definition) is 0. The summed E-state index contributed by atoms with van der Waals surface area (Å²) in [5, 5.41) is 0. The lowest BCUT2D eigenvalue weighted by Gasteiger charge is -2.30. The van der Waals surface area contributed by atoms with E-state index in [0.717, 1.165) is 0 Å². The molecule has 2 aliphatic rings. The third-order valence-electron chi connectivity index (χ3n) is 5.21. The van der Waals surface area contributed by atoms with Crippen LogP contribution in [0.25, 0.3) is 0 Å². The number of halogens is 1. The number of sulfonamides is 1. The molecule has 160 valence electrons. The van der Waals surface area contributed by atoms with Crippen LogP contribution in [-0.4, -0.2) is 45.0 Å². The van der Waals surface area contributed by atoms with Crippen molar-refractivity contribution >= 4 is 16.0 Å². The van der Waals surface area contributed by atoms with E-state index >= 15 is 0 Å². The first-order chi connectivity index (χ1) is 14.4. The van der Waals surface area contributed by atoms with Gasteiger partial charge >= 0.3 is 5.97 Å². The molecule has 0 bridgehead atoms. The van der Waals surface area contributed by atoms with E-state index in [1.54, 1.807) is 18.2 Å². The average molecular weight is 435 g/mol. The van der Waals surface area contributed by atoms with Crippen LogP contribution in [0.2, 0.25) is 0 Å². The third-order valence-corrected chi connectivity index (χ3v) is 7.10. The maximum absolute atomic E-state index is 13.2. The summed E-state index contributed by atoms with van der Waals surface area (Å²) in [4.78, 5) is 12.5. The van der Waals surface area contributed by atoms with Crippen LogP contribution >= 0.6 is 0 Å². The first kappa shape index (κ1) is 20.6. The molecule has 0 radical (unpaired) electrons. The number of rotatable bonds is 5. The number of esters is 1. The second kappa shape index (κ2) is 8.61. The van der Waals surface area contributed by atoms with Crippen molar-refractivity contribution in [1.82, 2.24) is 4.31 Å². The number of ether oxygens (including phenoxy) is 3. The van der Waals surface area contributed by atoms with Gasteiger partial charge in [0.05, 0.1) is 10.8 Å². The summed E-state index contributed by atoms with van der Waals surface area (Å²) in [6.07, 6.45) is 0.734. The molecular formula is C21H22FNO6S. The normalized spacial score (nSPS) is 17.5. The zero-order valence-corrected chi connectivity index (χ0v) is 17.1. The molecule has 1 saturated heterocycles. The van der Waals surface area contributed by atoms with Gasteiger partial charge in [-0.15, -0.1) is 0 Å². The number of hydrogen-bond acceptors (Lipinski definition) is 6. The molecular weight excluding hydrogens is 413 g/mol. The first-order valence-corrected chi connectivity index (χ1v) is 11.2. The molecule has 0 amide bonds. The van der Waals surface area contributed by atoms with Gasteiger partial charge in [-0.2, -0.15) is 4.31 Å². The summed E-state index contributed by atoms with van der Waals surface area (Å²) >= 11 is 0. The van der Waals surface area contributed by atoms with Crippen molar-refractivity contribution in [3.8, 4) is 11.5 Å². The Kier molecular flexibility index (Phi) is 5.92. The average Bonchev–Trinajstić information content (AvgIpc) is 2.77. The van der Waals surface area contributed by atoms with Gasteiger partial charge in [0, 0.05) is 19.2 Å². The maximum atomic E-state index is 13.2. The molecule has 2 heterocycles. The lowest BCUT2D eigenvalue weighted by molar-refractivity contribution is -0.151. The number of carbonyl (C=O) groups excluding carboxylic acids is 1. The third kappa shape index (κ3) is 4.41. The highest BCUT2D eigenvalue weighted by Gasteiger charge is 2.33. The number of piperidine rings is 1. The molecule has 2 aliphatic heterocycles. The van der Waals surface area contributed by atoms with Crippen molar-refractivity contribution in [3.05, 3.63) is 53.8 Å². The van der Waals surface area contributed by atoms with Gasteiger partial charge in [0.1, 0.15) is 25.6 Å². The predicted octanol–water partition coefficient (Wildman–Crippen LogP) is 2.74. The Balaban J connectivity index is 1.35. The Morgan fingerprint density at radius 1 is 1.07 bits per heavy atom. The van der Waals surface area contributed by atoms with Crippen molar-refractivity contribution in [2.24, 2.45) is 5.92 Å². The summed E-state index contributed by atoms with van der Waals surface area (Å²) in [5.41, 5.74) is 0.571. The number of nitrogens with zero attached hydrogens (tertiary/aromatic N) is 1. The molecule has 0 spiro atoms. The standard InChI is InChI=1S/C21H22FNO6S/c22-17-3-1-2-15(12-17)14-29-21(24)16-6-8-23(9-7-16)30(25,26)18-4-5-19-20(13-18)28-11-10-27-19/h1-5,12-13,16H,6-11,14H2. The minimum atomic E-state index is -3.70. The van der Waals surface area contributed by atoms with E-state index in [9.17, 15) is 17.6 Å². The highest BCUT2D eigenvalue weighted by Crippen LogP contribution is 2.34. The summed E-state index contributed by atoms with van der Waals surface area (Å²) in [7, 11) is -3.70. The lowest BCUT2D eigenvalue weighted by atomic mass is 9.98. The molecule has 0 N–H and O–H groups in total. The molecule has 30 heavy (non-hydrogen) atoms. The molecule has 7 nitrogen and oxygen atoms in total. The molecule has 0 atom stereocenters. The molecule has 4 rings (SSSR count). The first-order valence-electron chi connectivity index (χ1n) is 9.74. The van der Waals surface area contributed by atoms with Gasteiger partial charge in [-0.25, -0.2) is 12.8 Å². The molecule has 2 aromatic rings. The molecule has 1 fully saturated rings. The van der Waals surface area contributed by atoms with Crippen molar-refractivity contribution in [2.75, 3.05) is 26.3 Å². The van der Waals surface area contributed by atoms with E-state index in [0.29, 0.717) is 43.1 Å². The van der Waals surface area contributed by atoms with Crippen LogP contribution in [0, 0.1) is 11.7 Å². The van der Waals surface area contributed by atoms with Gasteiger partial charge in [0.25, 0.3) is 0 Å². The molecule has 0 aromatic heterocycles. The molecule has 9 heteroatoms. The molecule has 0 aliphatic carbocycles. The summed E-state index contributed by atoms with van der Waals surface area (Å²) in [6, 6.07) is 10.4. The van der Waals surface area contributed by atoms with Crippen molar-refractivity contribution < 1.29 is 31.8 Å². The second-order valence-electron chi connectivity index (χ2n) is 7.22. The van der Waals surface area contributed by atoms with Gasteiger partial charge in [-0.1, -0.05) is 12.1 Å². The summed E-state index contributed by atoms with van der Waals surface area (Å²) in [6.45, 7) is 1.24. The van der Waals surface area contributed by atoms with Crippen molar-refractivity contribution in [1.29, 1.82) is 0 Å². The zero-order valence-electron chi connectivity index (χ0n) is 16.3. The minimum Gasteiger partial charge on any atom is -0.486 e. The molecule has 2 aromatic carbocycles. The monoisotopic (exact) mass is 435 g/mol. The van der Waals surface area contributed by atoms with E-state index in [4.69, 9.17) is 14.2 Å². The zero-order chi connectivity index (χ0) is 21.1. The van der Waals surface area contributed by atoms with Gasteiger partial charge in [0.2, 0.25) is 10.0 Å². The van der Waals surface area contributed by atoms with E-state index in [2.05, 4.69) is 0 Å². The Bertz CT molecular complexity index is 1030. The van der Waals surface area contributed by atoms with Crippen LogP contribution < -0.4 is 9.47 Å². The fraction of sp³-hybridized carbons (Fsp3) is 0.381. The van der Waals surface area contributed by atoms with Crippen LogP contribution in [0.15, 0.2) is 47.4 Å². The number of fused-ring (bicyclic) bond motifs is 1. The van der Waals surface area contributed by atoms with Crippen LogP contribution in [0.1, 0.15) is 18.4 Å². The fourth-order valence-corrected chi connectivity index (χ4v) is 5.05. The van der Waals surface area contributed by atoms with E-state index in [1.165, 1.54) is 28.6 Å². The summed E-state index contributed by atoms with van der Waals surface area (Å²) in [5.74, 6) is -0.222. The number of carbonyl (C=O) groups is 1. The van der Waals surface area contributed by atoms with Gasteiger partial charge in [0.15, 0.2) is 11.5 Å². The smallest absolute Gasteiger partial charge is 0.309 e. The van der Waals surface area contributed by atoms with Crippen molar-refractivity contribution in [2.45, 2.75) is 24.3 Å². The van der Waals surface area contributed by atoms with Crippen LogP contribution in [0.5, 0.6) is 11.5 Å². The topological polar surface area (TPSA) is 82.1 Å². The number of benzene rings is 2. The lowest BCUT2D eigenvalue weighted by Crippen LogP contribution is -2.40. The highest BCUT2D eigenvalue weighted by atomic mass is 32.2. The van der Waals surface area contributed by atoms with Gasteiger partial charge < -0.3 is 14.2 Å². The largest absolute Gasteiger partial charge is 0.486 e. The maximum Gasteiger partial charge on any atom is 0.309 e. The minimum absolute atomic E-state index is 0.00764. The van der Waals surface area contributed by atoms with Gasteiger partial charge in [-0.05, 0) is 42.7 Å². The Labute approximate surface area is 174 Å². The Morgan fingerprint density at radius 2 is 1.80 bits per heavy atom. The van der Waals surface area contributed by atoms with E-state index in [-0.39, 0.29) is 36.3 Å². The van der Waals surface area contributed by atoms with Crippen molar-refractivity contribution in [3.63, 3.8) is 0 Å². The molecule has 0 unspecified atom stereocenters. The second-order valence-corrected chi connectivity index (χ2v) is 9.16. The van der Waals surface area contributed by atoms with E-state index < -0.39 is 16.0 Å². The Hall–Kier alpha value is -2.65.